The highest BCUT2D eigenvalue weighted by Gasteiger charge is 2.07. The van der Waals surface area contributed by atoms with E-state index in [1.807, 2.05) is 45.2 Å². The molecule has 2 rings (SSSR count). The smallest absolute Gasteiger partial charge is 0.196 e. The van der Waals surface area contributed by atoms with E-state index >= 15 is 0 Å². The minimum absolute atomic E-state index is 0.592. The van der Waals surface area contributed by atoms with Crippen molar-refractivity contribution in [3.8, 4) is 11.5 Å². The zero-order valence-electron chi connectivity index (χ0n) is 14.5. The number of aliphatic imine (C=N–C) groups is 1. The van der Waals surface area contributed by atoms with Crippen LogP contribution in [0.1, 0.15) is 23.7 Å². The Balaban J connectivity index is 2.11. The Kier molecular flexibility index (Phi) is 6.87. The largest absolute Gasteiger partial charge is 0.493 e. The molecule has 0 atom stereocenters. The molecule has 0 radical (unpaired) electrons. The lowest BCUT2D eigenvalue weighted by atomic mass is 10.2. The molecule has 2 aromatic rings. The average molecular weight is 348 g/mol. The van der Waals surface area contributed by atoms with Crippen LogP contribution in [0.4, 0.5) is 5.69 Å². The molecule has 130 valence electrons. The van der Waals surface area contributed by atoms with Crippen molar-refractivity contribution < 1.29 is 9.47 Å². The molecule has 24 heavy (non-hydrogen) atoms. The monoisotopic (exact) mass is 348 g/mol. The summed E-state index contributed by atoms with van der Waals surface area (Å²) in [5.41, 5.74) is 0.885. The molecule has 0 saturated carbocycles. The summed E-state index contributed by atoms with van der Waals surface area (Å²) in [6, 6.07) is 5.73. The van der Waals surface area contributed by atoms with E-state index < -0.39 is 0 Å². The molecule has 0 unspecified atom stereocenters. The number of nitrogens with zero attached hydrogens (tertiary/aromatic N) is 2. The van der Waals surface area contributed by atoms with Crippen LogP contribution in [-0.2, 0) is 6.54 Å². The summed E-state index contributed by atoms with van der Waals surface area (Å²) in [5.74, 6) is 2.14. The summed E-state index contributed by atoms with van der Waals surface area (Å²) in [6.07, 6.45) is 1.87. The van der Waals surface area contributed by atoms with Crippen LogP contribution in [0.5, 0.6) is 11.5 Å². The van der Waals surface area contributed by atoms with E-state index in [4.69, 9.17) is 9.47 Å². The first-order chi connectivity index (χ1) is 11.7. The fourth-order valence-electron chi connectivity index (χ4n) is 2.10. The zero-order valence-corrected chi connectivity index (χ0v) is 15.4. The maximum absolute atomic E-state index is 5.54. The van der Waals surface area contributed by atoms with Gasteiger partial charge in [-0.05, 0) is 32.9 Å². The van der Waals surface area contributed by atoms with E-state index in [1.165, 1.54) is 0 Å². The fraction of sp³-hybridized carbons (Fsp3) is 0.412. The Bertz CT molecular complexity index is 685. The second kappa shape index (κ2) is 9.12. The minimum Gasteiger partial charge on any atom is -0.493 e. The SMILES string of the molecule is CCNC(=NCc1cnc(C)s1)Nc1ccc(OCC)c(OC)c1. The number of ether oxygens (including phenoxy) is 2. The third kappa shape index (κ3) is 5.13. The topological polar surface area (TPSA) is 67.8 Å². The summed E-state index contributed by atoms with van der Waals surface area (Å²) in [5, 5.41) is 7.58. The van der Waals surface area contributed by atoms with Gasteiger partial charge in [-0.15, -0.1) is 11.3 Å². The molecule has 0 bridgehead atoms. The van der Waals surface area contributed by atoms with Gasteiger partial charge in [0.25, 0.3) is 0 Å². The van der Waals surface area contributed by atoms with Crippen molar-refractivity contribution in [3.63, 3.8) is 0 Å². The number of benzene rings is 1. The van der Waals surface area contributed by atoms with Gasteiger partial charge in [-0.3, -0.25) is 0 Å². The number of anilines is 1. The van der Waals surface area contributed by atoms with Crippen LogP contribution in [-0.4, -0.2) is 31.2 Å². The molecule has 0 aliphatic rings. The number of aromatic nitrogens is 1. The van der Waals surface area contributed by atoms with Crippen molar-refractivity contribution in [1.82, 2.24) is 10.3 Å². The summed E-state index contributed by atoms with van der Waals surface area (Å²) in [7, 11) is 1.63. The number of aryl methyl sites for hydroxylation is 1. The van der Waals surface area contributed by atoms with Crippen LogP contribution in [0.25, 0.3) is 0 Å². The van der Waals surface area contributed by atoms with E-state index in [0.29, 0.717) is 18.9 Å². The maximum Gasteiger partial charge on any atom is 0.196 e. The molecule has 7 heteroatoms. The Morgan fingerprint density at radius 1 is 1.29 bits per heavy atom. The molecule has 6 nitrogen and oxygen atoms in total. The lowest BCUT2D eigenvalue weighted by Gasteiger charge is -2.14. The minimum atomic E-state index is 0.592. The van der Waals surface area contributed by atoms with Gasteiger partial charge in [0.15, 0.2) is 17.5 Å². The van der Waals surface area contributed by atoms with Crippen molar-refractivity contribution >= 4 is 23.0 Å². The molecular formula is C17H24N4O2S. The summed E-state index contributed by atoms with van der Waals surface area (Å²) in [4.78, 5) is 9.99. The molecule has 2 N–H and O–H groups in total. The normalized spacial score (nSPS) is 11.2. The summed E-state index contributed by atoms with van der Waals surface area (Å²) in [6.45, 7) is 7.95. The number of nitrogens with one attached hydrogen (secondary N) is 2. The molecule has 1 aromatic carbocycles. The third-order valence-corrected chi connectivity index (χ3v) is 4.03. The zero-order chi connectivity index (χ0) is 17.4. The predicted molar refractivity (Wildman–Crippen MR) is 99.5 cm³/mol. The van der Waals surface area contributed by atoms with Crippen LogP contribution in [0.3, 0.4) is 0 Å². The fourth-order valence-corrected chi connectivity index (χ4v) is 2.82. The number of hydrogen-bond acceptors (Lipinski definition) is 5. The number of guanidine groups is 1. The molecule has 0 fully saturated rings. The molecule has 1 heterocycles. The summed E-state index contributed by atoms with van der Waals surface area (Å²) < 4.78 is 10.9. The quantitative estimate of drug-likeness (QED) is 0.593. The second-order valence-electron chi connectivity index (χ2n) is 4.96. The van der Waals surface area contributed by atoms with Gasteiger partial charge in [0, 0.05) is 29.4 Å². The van der Waals surface area contributed by atoms with Crippen LogP contribution < -0.4 is 20.1 Å². The van der Waals surface area contributed by atoms with Gasteiger partial charge in [0.2, 0.25) is 0 Å². The first kappa shape index (κ1) is 18.1. The Morgan fingerprint density at radius 3 is 2.75 bits per heavy atom. The van der Waals surface area contributed by atoms with E-state index in [9.17, 15) is 0 Å². The van der Waals surface area contributed by atoms with Gasteiger partial charge in [-0.2, -0.15) is 0 Å². The van der Waals surface area contributed by atoms with Crippen molar-refractivity contribution in [2.24, 2.45) is 4.99 Å². The van der Waals surface area contributed by atoms with Crippen LogP contribution >= 0.6 is 11.3 Å². The second-order valence-corrected chi connectivity index (χ2v) is 6.28. The lowest BCUT2D eigenvalue weighted by molar-refractivity contribution is 0.311. The first-order valence-electron chi connectivity index (χ1n) is 7.93. The Labute approximate surface area is 146 Å². The lowest BCUT2D eigenvalue weighted by Crippen LogP contribution is -2.30. The molecule has 1 aromatic heterocycles. The van der Waals surface area contributed by atoms with E-state index in [0.717, 1.165) is 33.8 Å². The molecule has 0 saturated heterocycles. The van der Waals surface area contributed by atoms with Gasteiger partial charge in [0.1, 0.15) is 0 Å². The van der Waals surface area contributed by atoms with E-state index in [-0.39, 0.29) is 0 Å². The molecule has 0 amide bonds. The highest BCUT2D eigenvalue weighted by atomic mass is 32.1. The van der Waals surface area contributed by atoms with Crippen LogP contribution in [0, 0.1) is 6.92 Å². The van der Waals surface area contributed by atoms with Gasteiger partial charge in [-0.1, -0.05) is 0 Å². The van der Waals surface area contributed by atoms with Crippen molar-refractivity contribution in [1.29, 1.82) is 0 Å². The van der Waals surface area contributed by atoms with Gasteiger partial charge >= 0.3 is 0 Å². The molecular weight excluding hydrogens is 324 g/mol. The number of rotatable bonds is 7. The van der Waals surface area contributed by atoms with Crippen molar-refractivity contribution in [2.75, 3.05) is 25.6 Å². The van der Waals surface area contributed by atoms with Crippen molar-refractivity contribution in [2.45, 2.75) is 27.3 Å². The van der Waals surface area contributed by atoms with Crippen LogP contribution in [0.2, 0.25) is 0 Å². The predicted octanol–water partition coefficient (Wildman–Crippen LogP) is 3.44. The van der Waals surface area contributed by atoms with E-state index in [2.05, 4.69) is 20.6 Å². The Hall–Kier alpha value is -2.28. The maximum atomic E-state index is 5.54. The average Bonchev–Trinajstić information content (AvgIpc) is 3.00. The highest BCUT2D eigenvalue weighted by molar-refractivity contribution is 7.11. The van der Waals surface area contributed by atoms with E-state index in [1.54, 1.807) is 18.4 Å². The van der Waals surface area contributed by atoms with Crippen LogP contribution in [0.15, 0.2) is 29.4 Å². The first-order valence-corrected chi connectivity index (χ1v) is 8.75. The highest BCUT2D eigenvalue weighted by Crippen LogP contribution is 2.30. The van der Waals surface area contributed by atoms with Gasteiger partial charge in [0.05, 0.1) is 25.3 Å². The van der Waals surface area contributed by atoms with Gasteiger partial charge < -0.3 is 20.1 Å². The molecule has 0 spiro atoms. The number of thiazole rings is 1. The molecule has 0 aliphatic heterocycles. The van der Waals surface area contributed by atoms with Gasteiger partial charge in [-0.25, -0.2) is 9.98 Å². The number of hydrogen-bond donors (Lipinski definition) is 2. The molecule has 0 aliphatic carbocycles. The summed E-state index contributed by atoms with van der Waals surface area (Å²) >= 11 is 1.66. The third-order valence-electron chi connectivity index (χ3n) is 3.13. The Morgan fingerprint density at radius 2 is 2.12 bits per heavy atom. The number of methoxy groups -OCH3 is 1. The standard InChI is InChI=1S/C17H24N4O2S/c1-5-18-17(20-11-14-10-19-12(3)24-14)21-13-7-8-15(23-6-2)16(9-13)22-4/h7-10H,5-6,11H2,1-4H3,(H2,18,20,21). The van der Waals surface area contributed by atoms with Crippen molar-refractivity contribution in [3.05, 3.63) is 34.3 Å².